The average molecular weight is 250 g/mol. The molecule has 0 saturated heterocycles. The molecule has 0 saturated carbocycles. The van der Waals surface area contributed by atoms with Crippen LogP contribution in [0.3, 0.4) is 0 Å². The molecular weight excluding hydrogens is 239 g/mol. The van der Waals surface area contributed by atoms with E-state index in [-0.39, 0.29) is 5.69 Å². The molecule has 1 N–H and O–H groups in total. The maximum Gasteiger partial charge on any atom is 0.274 e. The number of hydrogen-bond acceptors (Lipinski definition) is 4. The van der Waals surface area contributed by atoms with Crippen LogP contribution in [0, 0.1) is 15.9 Å². The van der Waals surface area contributed by atoms with Gasteiger partial charge in [0.25, 0.3) is 5.69 Å². The number of non-ortho nitro benzene ring substituents is 1. The van der Waals surface area contributed by atoms with E-state index in [1.54, 1.807) is 24.1 Å². The van der Waals surface area contributed by atoms with Crippen molar-refractivity contribution in [1.82, 2.24) is 9.78 Å². The number of benzene rings is 1. The first-order valence-electron chi connectivity index (χ1n) is 5.21. The standard InChI is InChI=1S/C11H11FN4O2/c1-15-7-8(6-14-15)5-13-10-2-9(12)3-11(4-10)16(17)18/h2-4,6-7,13H,5H2,1H3. The monoisotopic (exact) mass is 250 g/mol. The molecule has 0 aliphatic heterocycles. The van der Waals surface area contributed by atoms with Gasteiger partial charge in [-0.25, -0.2) is 4.39 Å². The van der Waals surface area contributed by atoms with Gasteiger partial charge in [0.05, 0.1) is 17.2 Å². The number of nitrogens with one attached hydrogen (secondary N) is 1. The molecule has 0 radical (unpaired) electrons. The van der Waals surface area contributed by atoms with E-state index in [0.717, 1.165) is 11.6 Å². The third kappa shape index (κ3) is 2.82. The normalized spacial score (nSPS) is 10.3. The minimum atomic E-state index is -0.641. The van der Waals surface area contributed by atoms with E-state index in [4.69, 9.17) is 0 Å². The first-order valence-corrected chi connectivity index (χ1v) is 5.21. The van der Waals surface area contributed by atoms with Gasteiger partial charge in [-0.1, -0.05) is 0 Å². The van der Waals surface area contributed by atoms with E-state index in [1.165, 1.54) is 12.1 Å². The zero-order valence-corrected chi connectivity index (χ0v) is 9.63. The molecule has 0 fully saturated rings. The molecule has 6 nitrogen and oxygen atoms in total. The lowest BCUT2D eigenvalue weighted by Crippen LogP contribution is -2.00. The van der Waals surface area contributed by atoms with Crippen molar-refractivity contribution in [3.8, 4) is 0 Å². The molecule has 0 aliphatic carbocycles. The van der Waals surface area contributed by atoms with Gasteiger partial charge in [0, 0.05) is 37.1 Å². The summed E-state index contributed by atoms with van der Waals surface area (Å²) in [6.07, 6.45) is 3.47. The summed E-state index contributed by atoms with van der Waals surface area (Å²) in [5, 5.41) is 17.5. The first-order chi connectivity index (χ1) is 8.54. The summed E-state index contributed by atoms with van der Waals surface area (Å²) in [4.78, 5) is 9.95. The highest BCUT2D eigenvalue weighted by atomic mass is 19.1. The van der Waals surface area contributed by atoms with E-state index < -0.39 is 10.7 Å². The number of rotatable bonds is 4. The van der Waals surface area contributed by atoms with E-state index >= 15 is 0 Å². The van der Waals surface area contributed by atoms with E-state index in [9.17, 15) is 14.5 Å². The molecule has 1 heterocycles. The molecule has 1 aromatic heterocycles. The van der Waals surface area contributed by atoms with Gasteiger partial charge >= 0.3 is 0 Å². The Morgan fingerprint density at radius 3 is 2.89 bits per heavy atom. The summed E-state index contributed by atoms with van der Waals surface area (Å²) in [5.41, 5.74) is 0.999. The second-order valence-corrected chi connectivity index (χ2v) is 3.83. The first kappa shape index (κ1) is 12.0. The van der Waals surface area contributed by atoms with Gasteiger partial charge in [-0.2, -0.15) is 5.10 Å². The molecule has 0 bridgehead atoms. The number of aromatic nitrogens is 2. The zero-order chi connectivity index (χ0) is 13.1. The quantitative estimate of drug-likeness (QED) is 0.666. The lowest BCUT2D eigenvalue weighted by Gasteiger charge is -2.04. The maximum atomic E-state index is 13.2. The summed E-state index contributed by atoms with van der Waals surface area (Å²) in [6.45, 7) is 0.425. The van der Waals surface area contributed by atoms with Crippen LogP contribution < -0.4 is 5.32 Å². The lowest BCUT2D eigenvalue weighted by atomic mass is 10.2. The van der Waals surface area contributed by atoms with Crippen LogP contribution in [0.15, 0.2) is 30.6 Å². The van der Waals surface area contributed by atoms with Gasteiger partial charge < -0.3 is 5.32 Å². The number of nitro benzene ring substituents is 1. The van der Waals surface area contributed by atoms with Gasteiger partial charge in [-0.15, -0.1) is 0 Å². The van der Waals surface area contributed by atoms with Crippen LogP contribution in [-0.2, 0) is 13.6 Å². The summed E-state index contributed by atoms with van der Waals surface area (Å²) in [7, 11) is 1.79. The summed E-state index contributed by atoms with van der Waals surface area (Å²) in [6, 6.07) is 3.39. The molecule has 0 aliphatic rings. The third-order valence-corrected chi connectivity index (χ3v) is 2.35. The van der Waals surface area contributed by atoms with Gasteiger partial charge in [-0.05, 0) is 6.07 Å². The highest BCUT2D eigenvalue weighted by Gasteiger charge is 2.09. The van der Waals surface area contributed by atoms with Crippen LogP contribution in [0.4, 0.5) is 15.8 Å². The molecule has 2 rings (SSSR count). The highest BCUT2D eigenvalue weighted by Crippen LogP contribution is 2.20. The van der Waals surface area contributed by atoms with Crippen LogP contribution in [-0.4, -0.2) is 14.7 Å². The van der Waals surface area contributed by atoms with Gasteiger partial charge in [-0.3, -0.25) is 14.8 Å². The Hall–Kier alpha value is -2.44. The summed E-state index contributed by atoms with van der Waals surface area (Å²) in [5.74, 6) is -0.641. The van der Waals surface area contributed by atoms with Gasteiger partial charge in [0.15, 0.2) is 0 Å². The molecule has 94 valence electrons. The third-order valence-electron chi connectivity index (χ3n) is 2.35. The second kappa shape index (κ2) is 4.82. The Bertz CT molecular complexity index is 582. The topological polar surface area (TPSA) is 73.0 Å². The highest BCUT2D eigenvalue weighted by molar-refractivity contribution is 5.51. The molecule has 2 aromatic rings. The van der Waals surface area contributed by atoms with Crippen molar-refractivity contribution in [2.45, 2.75) is 6.54 Å². The van der Waals surface area contributed by atoms with E-state index in [1.807, 2.05) is 0 Å². The minimum Gasteiger partial charge on any atom is -0.381 e. The van der Waals surface area contributed by atoms with E-state index in [2.05, 4.69) is 10.4 Å². The largest absolute Gasteiger partial charge is 0.381 e. The molecule has 1 aromatic carbocycles. The molecule has 0 atom stereocenters. The fourth-order valence-corrected chi connectivity index (χ4v) is 1.55. The van der Waals surface area contributed by atoms with Gasteiger partial charge in [0.2, 0.25) is 0 Å². The molecule has 0 spiro atoms. The Morgan fingerprint density at radius 1 is 1.50 bits per heavy atom. The fraction of sp³-hybridized carbons (Fsp3) is 0.182. The van der Waals surface area contributed by atoms with Crippen molar-refractivity contribution in [1.29, 1.82) is 0 Å². The second-order valence-electron chi connectivity index (χ2n) is 3.83. The van der Waals surface area contributed by atoms with Crippen molar-refractivity contribution >= 4 is 11.4 Å². The number of anilines is 1. The van der Waals surface area contributed by atoms with Crippen molar-refractivity contribution in [3.63, 3.8) is 0 Å². The van der Waals surface area contributed by atoms with Crippen molar-refractivity contribution in [2.24, 2.45) is 7.05 Å². The molecule has 0 amide bonds. The molecule has 0 unspecified atom stereocenters. The predicted octanol–water partition coefficient (Wildman–Crippen LogP) is 2.08. The zero-order valence-electron chi connectivity index (χ0n) is 9.63. The Balaban J connectivity index is 2.11. The van der Waals surface area contributed by atoms with Crippen molar-refractivity contribution < 1.29 is 9.31 Å². The van der Waals surface area contributed by atoms with E-state index in [0.29, 0.717) is 12.2 Å². The number of hydrogen-bond donors (Lipinski definition) is 1. The number of nitrogens with zero attached hydrogens (tertiary/aromatic N) is 3. The minimum absolute atomic E-state index is 0.274. The van der Waals surface area contributed by atoms with Crippen molar-refractivity contribution in [3.05, 3.63) is 52.1 Å². The SMILES string of the molecule is Cn1cc(CNc2cc(F)cc([N+](=O)[O-])c2)cn1. The average Bonchev–Trinajstić information content (AvgIpc) is 2.72. The fourth-order valence-electron chi connectivity index (χ4n) is 1.55. The Kier molecular flexibility index (Phi) is 3.22. The van der Waals surface area contributed by atoms with Crippen LogP contribution in [0.2, 0.25) is 0 Å². The number of halogens is 1. The van der Waals surface area contributed by atoms with Crippen LogP contribution in [0.25, 0.3) is 0 Å². The van der Waals surface area contributed by atoms with Crippen LogP contribution in [0.5, 0.6) is 0 Å². The van der Waals surface area contributed by atoms with Crippen molar-refractivity contribution in [2.75, 3.05) is 5.32 Å². The maximum absolute atomic E-state index is 13.2. The molecular formula is C11H11FN4O2. The molecule has 7 heteroatoms. The summed E-state index contributed by atoms with van der Waals surface area (Å²) >= 11 is 0. The Labute approximate surface area is 102 Å². The number of aryl methyl sites for hydroxylation is 1. The van der Waals surface area contributed by atoms with Gasteiger partial charge in [0.1, 0.15) is 5.82 Å². The predicted molar refractivity (Wildman–Crippen MR) is 63.6 cm³/mol. The van der Waals surface area contributed by atoms with Crippen LogP contribution in [0.1, 0.15) is 5.56 Å². The summed E-state index contributed by atoms with van der Waals surface area (Å²) < 4.78 is 14.8. The lowest BCUT2D eigenvalue weighted by molar-refractivity contribution is -0.385. The number of nitro groups is 1. The van der Waals surface area contributed by atoms with Crippen LogP contribution >= 0.6 is 0 Å². The molecule has 18 heavy (non-hydrogen) atoms. The smallest absolute Gasteiger partial charge is 0.274 e. The Morgan fingerprint density at radius 2 is 2.28 bits per heavy atom.